The van der Waals surface area contributed by atoms with E-state index in [0.29, 0.717) is 6.54 Å². The number of amides is 1. The Labute approximate surface area is 131 Å². The predicted octanol–water partition coefficient (Wildman–Crippen LogP) is 1.73. The monoisotopic (exact) mass is 376 g/mol. The van der Waals surface area contributed by atoms with E-state index >= 15 is 0 Å². The summed E-state index contributed by atoms with van der Waals surface area (Å²) in [6.07, 6.45) is 0.964. The summed E-state index contributed by atoms with van der Waals surface area (Å²) in [7, 11) is 0. The molecule has 0 heterocycles. The summed E-state index contributed by atoms with van der Waals surface area (Å²) in [5, 5.41) is 5.62. The molecule has 0 aliphatic carbocycles. The lowest BCUT2D eigenvalue weighted by atomic mass is 10.1. The molecule has 4 N–H and O–H groups in total. The summed E-state index contributed by atoms with van der Waals surface area (Å²) in [6, 6.07) is 7.92. The molecule has 1 amide bonds. The van der Waals surface area contributed by atoms with Crippen LogP contribution in [0.1, 0.15) is 19.4 Å². The van der Waals surface area contributed by atoms with E-state index in [0.717, 1.165) is 12.1 Å². The van der Waals surface area contributed by atoms with E-state index in [9.17, 15) is 4.79 Å². The molecule has 5 nitrogen and oxygen atoms in total. The molecule has 0 saturated heterocycles. The van der Waals surface area contributed by atoms with Crippen LogP contribution in [0.2, 0.25) is 0 Å². The summed E-state index contributed by atoms with van der Waals surface area (Å²) in [6.45, 7) is 4.59. The highest BCUT2D eigenvalue weighted by Gasteiger charge is 1.99. The van der Waals surface area contributed by atoms with Gasteiger partial charge in [0.15, 0.2) is 5.96 Å². The van der Waals surface area contributed by atoms with Crippen LogP contribution in [-0.4, -0.2) is 25.0 Å². The summed E-state index contributed by atoms with van der Waals surface area (Å²) in [4.78, 5) is 15.2. The first-order chi connectivity index (χ1) is 8.65. The lowest BCUT2D eigenvalue weighted by molar-refractivity contribution is -0.119. The summed E-state index contributed by atoms with van der Waals surface area (Å²) < 4.78 is 0. The Balaban J connectivity index is 0.00000324. The van der Waals surface area contributed by atoms with Crippen molar-refractivity contribution in [1.82, 2.24) is 5.32 Å². The van der Waals surface area contributed by atoms with Crippen LogP contribution < -0.4 is 16.4 Å². The van der Waals surface area contributed by atoms with Gasteiger partial charge in [0.2, 0.25) is 5.91 Å². The first-order valence-corrected chi connectivity index (χ1v) is 6.08. The maximum Gasteiger partial charge on any atom is 0.241 e. The Morgan fingerprint density at radius 3 is 2.74 bits per heavy atom. The molecule has 6 heteroatoms. The Bertz CT molecular complexity index is 434. The summed E-state index contributed by atoms with van der Waals surface area (Å²) >= 11 is 0. The lowest BCUT2D eigenvalue weighted by Crippen LogP contribution is -2.28. The second kappa shape index (κ2) is 9.60. The largest absolute Gasteiger partial charge is 0.370 e. The molecular weight excluding hydrogens is 355 g/mol. The Morgan fingerprint density at radius 1 is 1.37 bits per heavy atom. The third-order valence-electron chi connectivity index (χ3n) is 2.37. The van der Waals surface area contributed by atoms with Gasteiger partial charge in [-0.1, -0.05) is 19.1 Å². The Kier molecular flexibility index (Phi) is 8.94. The number of hydrogen-bond acceptors (Lipinski definition) is 2. The first-order valence-electron chi connectivity index (χ1n) is 6.08. The Hall–Kier alpha value is -1.31. The van der Waals surface area contributed by atoms with Gasteiger partial charge in [0.1, 0.15) is 6.54 Å². The lowest BCUT2D eigenvalue weighted by Gasteiger charge is -2.07. The molecule has 0 unspecified atom stereocenters. The second-order valence-electron chi connectivity index (χ2n) is 3.83. The highest BCUT2D eigenvalue weighted by atomic mass is 127. The van der Waals surface area contributed by atoms with Gasteiger partial charge in [-0.25, -0.2) is 4.99 Å². The SMILES string of the molecule is CCNC(=O)CN=C(N)Nc1cccc(CC)c1.I. The number of hydrogen-bond donors (Lipinski definition) is 3. The average Bonchev–Trinajstić information content (AvgIpc) is 2.37. The molecule has 1 aromatic rings. The first kappa shape index (κ1) is 17.7. The molecule has 106 valence electrons. The van der Waals surface area contributed by atoms with Crippen molar-refractivity contribution in [3.05, 3.63) is 29.8 Å². The molecule has 19 heavy (non-hydrogen) atoms. The number of nitrogens with two attached hydrogens (primary N) is 1. The van der Waals surface area contributed by atoms with Crippen LogP contribution in [0.5, 0.6) is 0 Å². The van der Waals surface area contributed by atoms with E-state index in [2.05, 4.69) is 22.5 Å². The molecule has 0 atom stereocenters. The summed E-state index contributed by atoms with van der Waals surface area (Å²) in [5.41, 5.74) is 7.80. The standard InChI is InChI=1S/C13H20N4O.HI/c1-3-10-6-5-7-11(8-10)17-13(14)16-9-12(18)15-4-2;/h5-8H,3-4,9H2,1-2H3,(H,15,18)(H3,14,16,17);1H. The molecular formula is C13H21IN4O. The van der Waals surface area contributed by atoms with E-state index in [1.165, 1.54) is 5.56 Å². The van der Waals surface area contributed by atoms with Gasteiger partial charge in [-0.05, 0) is 31.0 Å². The zero-order chi connectivity index (χ0) is 13.4. The van der Waals surface area contributed by atoms with Crippen molar-refractivity contribution in [3.8, 4) is 0 Å². The number of nitrogens with one attached hydrogen (secondary N) is 2. The van der Waals surface area contributed by atoms with Crippen LogP contribution in [0.15, 0.2) is 29.3 Å². The van der Waals surface area contributed by atoms with Gasteiger partial charge in [-0.3, -0.25) is 4.79 Å². The molecule has 0 aromatic heterocycles. The van der Waals surface area contributed by atoms with Gasteiger partial charge < -0.3 is 16.4 Å². The van der Waals surface area contributed by atoms with Crippen LogP contribution in [0.3, 0.4) is 0 Å². The summed E-state index contributed by atoms with van der Waals surface area (Å²) in [5.74, 6) is 0.110. The van der Waals surface area contributed by atoms with Gasteiger partial charge in [0, 0.05) is 12.2 Å². The minimum absolute atomic E-state index is 0. The number of carbonyl (C=O) groups is 1. The Morgan fingerprint density at radius 2 is 2.11 bits per heavy atom. The molecule has 0 aliphatic rings. The third kappa shape index (κ3) is 7.00. The van der Waals surface area contributed by atoms with E-state index in [1.54, 1.807) is 0 Å². The van der Waals surface area contributed by atoms with E-state index in [-0.39, 0.29) is 42.4 Å². The average molecular weight is 376 g/mol. The second-order valence-corrected chi connectivity index (χ2v) is 3.83. The van der Waals surface area contributed by atoms with Crippen molar-refractivity contribution in [2.75, 3.05) is 18.4 Å². The van der Waals surface area contributed by atoms with Crippen LogP contribution in [0.25, 0.3) is 0 Å². The minimum Gasteiger partial charge on any atom is -0.370 e. The number of aryl methyl sites for hydroxylation is 1. The normalized spacial score (nSPS) is 10.5. The molecule has 0 spiro atoms. The number of benzene rings is 1. The topological polar surface area (TPSA) is 79.5 Å². The molecule has 0 aliphatic heterocycles. The van der Waals surface area contributed by atoms with Crippen molar-refractivity contribution >= 4 is 41.5 Å². The van der Waals surface area contributed by atoms with Gasteiger partial charge in [0.25, 0.3) is 0 Å². The number of carbonyl (C=O) groups excluding carboxylic acids is 1. The van der Waals surface area contributed by atoms with Crippen molar-refractivity contribution < 1.29 is 4.79 Å². The number of nitrogens with zero attached hydrogens (tertiary/aromatic N) is 1. The highest BCUT2D eigenvalue weighted by molar-refractivity contribution is 14.0. The number of likely N-dealkylation sites (N-methyl/N-ethyl adjacent to an activating group) is 1. The zero-order valence-corrected chi connectivity index (χ0v) is 13.6. The minimum atomic E-state index is -0.135. The molecule has 0 radical (unpaired) electrons. The van der Waals surface area contributed by atoms with Gasteiger partial charge in [-0.2, -0.15) is 0 Å². The fourth-order valence-electron chi connectivity index (χ4n) is 1.47. The molecule has 1 rings (SSSR count). The van der Waals surface area contributed by atoms with E-state index in [1.807, 2.05) is 31.2 Å². The fraction of sp³-hybridized carbons (Fsp3) is 0.385. The van der Waals surface area contributed by atoms with Crippen LogP contribution in [-0.2, 0) is 11.2 Å². The van der Waals surface area contributed by atoms with Crippen LogP contribution in [0, 0.1) is 0 Å². The number of guanidine groups is 1. The van der Waals surface area contributed by atoms with E-state index in [4.69, 9.17) is 5.73 Å². The van der Waals surface area contributed by atoms with Crippen molar-refractivity contribution in [2.45, 2.75) is 20.3 Å². The van der Waals surface area contributed by atoms with Gasteiger partial charge in [0.05, 0.1) is 0 Å². The number of rotatable bonds is 5. The number of aliphatic imine (C=N–C) groups is 1. The maximum atomic E-state index is 11.2. The van der Waals surface area contributed by atoms with Gasteiger partial charge >= 0.3 is 0 Å². The highest BCUT2D eigenvalue weighted by Crippen LogP contribution is 2.10. The van der Waals surface area contributed by atoms with Crippen molar-refractivity contribution in [2.24, 2.45) is 10.7 Å². The van der Waals surface area contributed by atoms with Gasteiger partial charge in [-0.15, -0.1) is 24.0 Å². The smallest absolute Gasteiger partial charge is 0.241 e. The van der Waals surface area contributed by atoms with Crippen molar-refractivity contribution in [3.63, 3.8) is 0 Å². The fourth-order valence-corrected chi connectivity index (χ4v) is 1.47. The van der Waals surface area contributed by atoms with Crippen LogP contribution in [0.4, 0.5) is 5.69 Å². The molecule has 1 aromatic carbocycles. The molecule has 0 bridgehead atoms. The predicted molar refractivity (Wildman–Crippen MR) is 90.0 cm³/mol. The van der Waals surface area contributed by atoms with E-state index < -0.39 is 0 Å². The number of anilines is 1. The maximum absolute atomic E-state index is 11.2. The van der Waals surface area contributed by atoms with Crippen LogP contribution >= 0.6 is 24.0 Å². The molecule has 0 fully saturated rings. The number of halogens is 1. The zero-order valence-electron chi connectivity index (χ0n) is 11.3. The molecule has 0 saturated carbocycles. The third-order valence-corrected chi connectivity index (χ3v) is 2.37. The quantitative estimate of drug-likeness (QED) is 0.416. The van der Waals surface area contributed by atoms with Crippen molar-refractivity contribution in [1.29, 1.82) is 0 Å².